The van der Waals surface area contributed by atoms with Crippen LogP contribution in [0.15, 0.2) is 18.2 Å². The van der Waals surface area contributed by atoms with E-state index < -0.39 is 17.2 Å². The average molecular weight is 363 g/mol. The van der Waals surface area contributed by atoms with Crippen LogP contribution in [0.25, 0.3) is 0 Å². The summed E-state index contributed by atoms with van der Waals surface area (Å²) in [6, 6.07) is 4.75. The monoisotopic (exact) mass is 362 g/mol. The molecule has 0 spiro atoms. The van der Waals surface area contributed by atoms with Gasteiger partial charge in [0.15, 0.2) is 0 Å². The Bertz CT molecular complexity index is 807. The van der Waals surface area contributed by atoms with Crippen LogP contribution in [-0.4, -0.2) is 39.5 Å². The van der Waals surface area contributed by atoms with Gasteiger partial charge < -0.3 is 10.1 Å². The zero-order chi connectivity index (χ0) is 18.2. The van der Waals surface area contributed by atoms with E-state index in [-0.39, 0.29) is 17.4 Å². The van der Waals surface area contributed by atoms with E-state index in [9.17, 15) is 14.4 Å². The topological polar surface area (TPSA) is 75.7 Å². The number of hydrogen-bond acceptors (Lipinski definition) is 4. The van der Waals surface area contributed by atoms with E-state index in [2.05, 4.69) is 5.32 Å². The van der Waals surface area contributed by atoms with Crippen LogP contribution in [0.3, 0.4) is 0 Å². The second-order valence-electron chi connectivity index (χ2n) is 8.30. The number of nitrogens with one attached hydrogen (secondary N) is 1. The van der Waals surface area contributed by atoms with Crippen LogP contribution in [0, 0.1) is 0 Å². The van der Waals surface area contributed by atoms with Gasteiger partial charge in [-0.3, -0.25) is 14.5 Å². The summed E-state index contributed by atoms with van der Waals surface area (Å²) in [6.07, 6.45) is 1.24. The van der Waals surface area contributed by atoms with Crippen molar-refractivity contribution in [1.29, 1.82) is 0 Å². The average Bonchev–Trinajstić information content (AvgIpc) is 2.63. The molecule has 1 heterocycles. The standard InChI is InChI=1S/C18H19ClN2O4/c1-16(2,3)25-15(24)20-17-7-18(8-17,9-17)21-13(22)11-5-4-10(19)6-12(11)14(21)23/h4-6H,7-9H2,1-3H3,(H,20,24). The van der Waals surface area contributed by atoms with Crippen LogP contribution in [0.5, 0.6) is 0 Å². The summed E-state index contributed by atoms with van der Waals surface area (Å²) in [5.74, 6) is -0.574. The molecular formula is C18H19ClN2O4. The number of rotatable bonds is 2. The molecule has 1 aromatic rings. The number of alkyl carbamates (subject to hydrolysis) is 1. The van der Waals surface area contributed by atoms with Crippen LogP contribution < -0.4 is 5.32 Å². The molecule has 3 saturated carbocycles. The molecule has 0 unspecified atom stereocenters. The molecule has 3 aliphatic carbocycles. The minimum Gasteiger partial charge on any atom is -0.444 e. The van der Waals surface area contributed by atoms with Crippen molar-refractivity contribution in [2.75, 3.05) is 0 Å². The lowest BCUT2D eigenvalue weighted by molar-refractivity contribution is -0.143. The summed E-state index contributed by atoms with van der Waals surface area (Å²) >= 11 is 5.94. The molecule has 0 aromatic heterocycles. The molecule has 132 valence electrons. The fourth-order valence-electron chi connectivity index (χ4n) is 4.27. The van der Waals surface area contributed by atoms with Crippen LogP contribution >= 0.6 is 11.6 Å². The van der Waals surface area contributed by atoms with Gasteiger partial charge in [0, 0.05) is 5.02 Å². The van der Waals surface area contributed by atoms with Crippen LogP contribution in [0.4, 0.5) is 4.79 Å². The number of fused-ring (bicyclic) bond motifs is 1. The largest absolute Gasteiger partial charge is 0.444 e. The lowest BCUT2D eigenvalue weighted by Crippen LogP contribution is -2.84. The van der Waals surface area contributed by atoms with Crippen molar-refractivity contribution in [1.82, 2.24) is 10.2 Å². The zero-order valence-electron chi connectivity index (χ0n) is 14.3. The summed E-state index contributed by atoms with van der Waals surface area (Å²) < 4.78 is 5.29. The number of nitrogens with zero attached hydrogens (tertiary/aromatic N) is 1. The summed E-state index contributed by atoms with van der Waals surface area (Å²) in [5.41, 5.74) is -0.665. The van der Waals surface area contributed by atoms with Crippen LogP contribution in [-0.2, 0) is 4.74 Å². The number of halogens is 1. The number of carbonyl (C=O) groups excluding carboxylic acids is 3. The molecule has 3 fully saturated rings. The fraction of sp³-hybridized carbons (Fsp3) is 0.500. The molecule has 25 heavy (non-hydrogen) atoms. The number of ether oxygens (including phenoxy) is 1. The van der Waals surface area contributed by atoms with Gasteiger partial charge in [0.05, 0.1) is 22.2 Å². The van der Waals surface area contributed by atoms with Gasteiger partial charge in [-0.1, -0.05) is 11.6 Å². The van der Waals surface area contributed by atoms with Crippen LogP contribution in [0.2, 0.25) is 5.02 Å². The van der Waals surface area contributed by atoms with Crippen molar-refractivity contribution < 1.29 is 19.1 Å². The Morgan fingerprint density at radius 2 is 1.76 bits per heavy atom. The normalized spacial score (nSPS) is 29.7. The highest BCUT2D eigenvalue weighted by atomic mass is 35.5. The number of carbonyl (C=O) groups is 3. The van der Waals surface area contributed by atoms with Crippen molar-refractivity contribution in [2.24, 2.45) is 0 Å². The summed E-state index contributed by atoms with van der Waals surface area (Å²) in [6.45, 7) is 5.42. The molecule has 0 saturated heterocycles. The molecule has 6 nitrogen and oxygen atoms in total. The van der Waals surface area contributed by atoms with E-state index in [1.54, 1.807) is 32.9 Å². The van der Waals surface area contributed by atoms with Gasteiger partial charge in [-0.2, -0.15) is 0 Å². The molecule has 4 aliphatic rings. The number of amides is 3. The van der Waals surface area contributed by atoms with E-state index in [1.807, 2.05) is 0 Å². The summed E-state index contributed by atoms with van der Waals surface area (Å²) in [4.78, 5) is 38.6. The first-order chi connectivity index (χ1) is 11.5. The quantitative estimate of drug-likeness (QED) is 0.820. The Morgan fingerprint density at radius 1 is 1.16 bits per heavy atom. The van der Waals surface area contributed by atoms with Gasteiger partial charge in [0.1, 0.15) is 5.60 Å². The Labute approximate surface area is 150 Å². The lowest BCUT2D eigenvalue weighted by Gasteiger charge is -2.72. The Morgan fingerprint density at radius 3 is 2.36 bits per heavy atom. The van der Waals surface area contributed by atoms with Gasteiger partial charge in [0.2, 0.25) is 0 Å². The molecule has 0 atom stereocenters. The van der Waals surface area contributed by atoms with Crippen molar-refractivity contribution >= 4 is 29.5 Å². The van der Waals surface area contributed by atoms with Gasteiger partial charge in [0.25, 0.3) is 11.8 Å². The van der Waals surface area contributed by atoms with E-state index in [4.69, 9.17) is 16.3 Å². The van der Waals surface area contributed by atoms with Crippen molar-refractivity contribution in [3.8, 4) is 0 Å². The molecule has 2 bridgehead atoms. The number of benzene rings is 1. The van der Waals surface area contributed by atoms with E-state index in [0.29, 0.717) is 35.4 Å². The van der Waals surface area contributed by atoms with Crippen molar-refractivity contribution in [3.63, 3.8) is 0 Å². The molecule has 1 aromatic carbocycles. The minimum absolute atomic E-state index is 0.276. The first-order valence-electron chi connectivity index (χ1n) is 8.24. The molecule has 0 radical (unpaired) electrons. The summed E-state index contributed by atoms with van der Waals surface area (Å²) in [7, 11) is 0. The highest BCUT2D eigenvalue weighted by molar-refractivity contribution is 6.32. The van der Waals surface area contributed by atoms with Crippen LogP contribution in [0.1, 0.15) is 60.7 Å². The van der Waals surface area contributed by atoms with Gasteiger partial charge in [-0.15, -0.1) is 0 Å². The Kier molecular flexibility index (Phi) is 3.12. The SMILES string of the molecule is CC(C)(C)OC(=O)NC12CC(N3C(=O)c4ccc(Cl)cc4C3=O)(C1)C2. The van der Waals surface area contributed by atoms with Gasteiger partial charge in [-0.05, 0) is 58.2 Å². The third-order valence-electron chi connectivity index (χ3n) is 5.09. The van der Waals surface area contributed by atoms with E-state index in [1.165, 1.54) is 11.0 Å². The maximum Gasteiger partial charge on any atom is 0.408 e. The Balaban J connectivity index is 1.46. The third kappa shape index (κ3) is 2.34. The summed E-state index contributed by atoms with van der Waals surface area (Å²) in [5, 5.41) is 3.32. The maximum absolute atomic E-state index is 12.7. The van der Waals surface area contributed by atoms with Crippen molar-refractivity contribution in [2.45, 2.75) is 56.7 Å². The molecule has 3 amide bonds. The fourth-order valence-corrected chi connectivity index (χ4v) is 4.44. The third-order valence-corrected chi connectivity index (χ3v) is 5.33. The number of hydrogen-bond donors (Lipinski definition) is 1. The smallest absolute Gasteiger partial charge is 0.408 e. The molecule has 5 rings (SSSR count). The first kappa shape index (κ1) is 16.4. The first-order valence-corrected chi connectivity index (χ1v) is 8.62. The highest BCUT2D eigenvalue weighted by Crippen LogP contribution is 2.64. The van der Waals surface area contributed by atoms with E-state index in [0.717, 1.165) is 0 Å². The molecule has 7 heteroatoms. The minimum atomic E-state index is -0.562. The second-order valence-corrected chi connectivity index (χ2v) is 8.73. The lowest BCUT2D eigenvalue weighted by atomic mass is 9.43. The molecular weight excluding hydrogens is 344 g/mol. The Hall–Kier alpha value is -2.08. The highest BCUT2D eigenvalue weighted by Gasteiger charge is 2.74. The maximum atomic E-state index is 12.7. The van der Waals surface area contributed by atoms with Gasteiger partial charge >= 0.3 is 6.09 Å². The van der Waals surface area contributed by atoms with E-state index >= 15 is 0 Å². The predicted octanol–water partition coefficient (Wildman–Crippen LogP) is 3.14. The number of imide groups is 1. The van der Waals surface area contributed by atoms with Gasteiger partial charge in [-0.25, -0.2) is 4.79 Å². The molecule has 1 N–H and O–H groups in total. The van der Waals surface area contributed by atoms with Crippen molar-refractivity contribution in [3.05, 3.63) is 34.3 Å². The molecule has 1 aliphatic heterocycles. The second kappa shape index (κ2) is 4.75. The zero-order valence-corrected chi connectivity index (χ0v) is 15.1. The predicted molar refractivity (Wildman–Crippen MR) is 90.6 cm³/mol.